The standard InChI is InChI=1S/C24H29N3O2/c1-29-23-11-7-6-10-19(23)16-27-22(14-17-8-4-2-3-5-9-17)20-13-12-18(24(25)28)15-21(20)26-27/h6-7,10-13,15,17H,2-5,8-9,14,16H2,1H3,(H2,25,28). The number of aromatic nitrogens is 2. The number of hydrogen-bond acceptors (Lipinski definition) is 3. The predicted octanol–water partition coefficient (Wildman–Crippen LogP) is 4.71. The molecule has 3 aromatic rings. The fourth-order valence-electron chi connectivity index (χ4n) is 4.52. The zero-order valence-electron chi connectivity index (χ0n) is 17.1. The number of nitrogens with two attached hydrogens (primary N) is 1. The van der Waals surface area contributed by atoms with E-state index in [1.54, 1.807) is 7.11 Å². The van der Waals surface area contributed by atoms with Crippen molar-refractivity contribution in [3.63, 3.8) is 0 Å². The van der Waals surface area contributed by atoms with Gasteiger partial charge in [-0.1, -0.05) is 62.8 Å². The topological polar surface area (TPSA) is 70.1 Å². The molecule has 2 N–H and O–H groups in total. The second-order valence-electron chi connectivity index (χ2n) is 8.07. The van der Waals surface area contributed by atoms with Gasteiger partial charge in [0.05, 0.1) is 19.2 Å². The average molecular weight is 392 g/mol. The van der Waals surface area contributed by atoms with Gasteiger partial charge in [-0.05, 0) is 30.5 Å². The van der Waals surface area contributed by atoms with E-state index in [4.69, 9.17) is 15.6 Å². The molecule has 0 bridgehead atoms. The van der Waals surface area contributed by atoms with Crippen LogP contribution in [0.3, 0.4) is 0 Å². The highest BCUT2D eigenvalue weighted by molar-refractivity contribution is 5.97. The second kappa shape index (κ2) is 8.68. The van der Waals surface area contributed by atoms with Gasteiger partial charge in [-0.3, -0.25) is 9.48 Å². The van der Waals surface area contributed by atoms with Crippen LogP contribution in [-0.4, -0.2) is 22.8 Å². The Kier molecular flexibility index (Phi) is 5.84. The Labute approximate surface area is 171 Å². The molecule has 0 radical (unpaired) electrons. The Bertz CT molecular complexity index is 1000. The largest absolute Gasteiger partial charge is 0.496 e. The van der Waals surface area contributed by atoms with Gasteiger partial charge in [0.2, 0.25) is 5.91 Å². The van der Waals surface area contributed by atoms with E-state index < -0.39 is 5.91 Å². The maximum Gasteiger partial charge on any atom is 0.248 e. The third kappa shape index (κ3) is 4.29. The minimum Gasteiger partial charge on any atom is -0.496 e. The number of methoxy groups -OCH3 is 1. The summed E-state index contributed by atoms with van der Waals surface area (Å²) < 4.78 is 7.64. The van der Waals surface area contributed by atoms with Crippen molar-refractivity contribution in [3.8, 4) is 5.75 Å². The van der Waals surface area contributed by atoms with E-state index >= 15 is 0 Å². The van der Waals surface area contributed by atoms with Gasteiger partial charge >= 0.3 is 0 Å². The van der Waals surface area contributed by atoms with E-state index in [0.29, 0.717) is 18.0 Å². The molecule has 1 saturated carbocycles. The van der Waals surface area contributed by atoms with Crippen molar-refractivity contribution in [1.82, 2.24) is 9.78 Å². The molecule has 4 rings (SSSR count). The smallest absolute Gasteiger partial charge is 0.248 e. The van der Waals surface area contributed by atoms with E-state index in [1.807, 2.05) is 36.4 Å². The number of carbonyl (C=O) groups excluding carboxylic acids is 1. The fourth-order valence-corrected chi connectivity index (χ4v) is 4.52. The predicted molar refractivity (Wildman–Crippen MR) is 115 cm³/mol. The molecular weight excluding hydrogens is 362 g/mol. The molecule has 152 valence electrons. The van der Waals surface area contributed by atoms with Gasteiger partial charge in [-0.15, -0.1) is 0 Å². The molecule has 1 aromatic heterocycles. The maximum absolute atomic E-state index is 11.6. The number of amides is 1. The number of benzene rings is 2. The summed E-state index contributed by atoms with van der Waals surface area (Å²) in [5, 5.41) is 5.99. The van der Waals surface area contributed by atoms with Gasteiger partial charge < -0.3 is 10.5 Å². The molecular formula is C24H29N3O2. The minimum absolute atomic E-state index is 0.420. The van der Waals surface area contributed by atoms with Crippen LogP contribution in [0.15, 0.2) is 42.5 Å². The lowest BCUT2D eigenvalue weighted by Gasteiger charge is -2.16. The maximum atomic E-state index is 11.6. The lowest BCUT2D eigenvalue weighted by atomic mass is 9.93. The first kappa shape index (κ1) is 19.5. The normalized spacial score (nSPS) is 15.3. The second-order valence-corrected chi connectivity index (χ2v) is 8.07. The van der Waals surface area contributed by atoms with Crippen LogP contribution in [0, 0.1) is 5.92 Å². The summed E-state index contributed by atoms with van der Waals surface area (Å²) in [5.41, 5.74) is 9.16. The zero-order valence-corrected chi connectivity index (χ0v) is 17.1. The van der Waals surface area contributed by atoms with E-state index in [0.717, 1.165) is 28.6 Å². The number of hydrogen-bond donors (Lipinski definition) is 1. The Hall–Kier alpha value is -2.82. The fraction of sp³-hybridized carbons (Fsp3) is 0.417. The molecule has 1 amide bonds. The van der Waals surface area contributed by atoms with Gasteiger partial charge in [-0.25, -0.2) is 0 Å². The molecule has 0 saturated heterocycles. The summed E-state index contributed by atoms with van der Waals surface area (Å²) in [6.07, 6.45) is 8.90. The molecule has 0 atom stereocenters. The SMILES string of the molecule is COc1ccccc1Cn1nc2cc(C(N)=O)ccc2c1CC1CCCCCC1. The number of rotatable bonds is 6. The molecule has 1 heterocycles. The Morgan fingerprint density at radius 3 is 2.62 bits per heavy atom. The van der Waals surface area contributed by atoms with Crippen molar-refractivity contribution in [2.45, 2.75) is 51.5 Å². The molecule has 29 heavy (non-hydrogen) atoms. The third-order valence-electron chi connectivity index (χ3n) is 6.10. The van der Waals surface area contributed by atoms with E-state index in [-0.39, 0.29) is 0 Å². The van der Waals surface area contributed by atoms with Crippen LogP contribution in [0.2, 0.25) is 0 Å². The number of nitrogens with zero attached hydrogens (tertiary/aromatic N) is 2. The zero-order chi connectivity index (χ0) is 20.2. The molecule has 0 aliphatic heterocycles. The molecule has 1 fully saturated rings. The summed E-state index contributed by atoms with van der Waals surface area (Å²) in [7, 11) is 1.70. The summed E-state index contributed by atoms with van der Waals surface area (Å²) in [5.74, 6) is 1.13. The minimum atomic E-state index is -0.420. The molecule has 5 heteroatoms. The van der Waals surface area contributed by atoms with Crippen LogP contribution in [0.4, 0.5) is 0 Å². The summed E-state index contributed by atoms with van der Waals surface area (Å²) in [4.78, 5) is 11.6. The lowest BCUT2D eigenvalue weighted by molar-refractivity contribution is 0.100. The number of carbonyl (C=O) groups is 1. The molecule has 5 nitrogen and oxygen atoms in total. The van der Waals surface area contributed by atoms with Crippen molar-refractivity contribution < 1.29 is 9.53 Å². The first-order chi connectivity index (χ1) is 14.2. The van der Waals surface area contributed by atoms with Gasteiger partial charge in [0.1, 0.15) is 5.75 Å². The number of para-hydroxylation sites is 1. The van der Waals surface area contributed by atoms with E-state index in [1.165, 1.54) is 44.2 Å². The van der Waals surface area contributed by atoms with Crippen molar-refractivity contribution >= 4 is 16.8 Å². The Morgan fingerprint density at radius 2 is 1.90 bits per heavy atom. The molecule has 1 aliphatic rings. The number of fused-ring (bicyclic) bond motifs is 1. The van der Waals surface area contributed by atoms with Crippen LogP contribution < -0.4 is 10.5 Å². The highest BCUT2D eigenvalue weighted by Gasteiger charge is 2.20. The summed E-state index contributed by atoms with van der Waals surface area (Å²) in [6, 6.07) is 13.7. The average Bonchev–Trinajstić information content (AvgIpc) is 2.89. The summed E-state index contributed by atoms with van der Waals surface area (Å²) >= 11 is 0. The van der Waals surface area contributed by atoms with Gasteiger partial charge in [0.15, 0.2) is 0 Å². The van der Waals surface area contributed by atoms with Gasteiger partial charge in [0, 0.05) is 22.2 Å². The third-order valence-corrected chi connectivity index (χ3v) is 6.10. The first-order valence-electron chi connectivity index (χ1n) is 10.6. The summed E-state index contributed by atoms with van der Waals surface area (Å²) in [6.45, 7) is 0.645. The Balaban J connectivity index is 1.74. The number of primary amides is 1. The van der Waals surface area contributed by atoms with Crippen LogP contribution >= 0.6 is 0 Å². The van der Waals surface area contributed by atoms with E-state index in [2.05, 4.69) is 10.7 Å². The van der Waals surface area contributed by atoms with Crippen LogP contribution in [-0.2, 0) is 13.0 Å². The quantitative estimate of drug-likeness (QED) is 0.619. The number of ether oxygens (including phenoxy) is 1. The molecule has 0 unspecified atom stereocenters. The molecule has 2 aromatic carbocycles. The lowest BCUT2D eigenvalue weighted by Crippen LogP contribution is -2.12. The van der Waals surface area contributed by atoms with Crippen LogP contribution in [0.5, 0.6) is 5.75 Å². The van der Waals surface area contributed by atoms with Crippen molar-refractivity contribution in [1.29, 1.82) is 0 Å². The van der Waals surface area contributed by atoms with Crippen molar-refractivity contribution in [2.24, 2.45) is 11.7 Å². The van der Waals surface area contributed by atoms with E-state index in [9.17, 15) is 4.79 Å². The van der Waals surface area contributed by atoms with Gasteiger partial charge in [-0.2, -0.15) is 5.10 Å². The van der Waals surface area contributed by atoms with Crippen LogP contribution in [0.25, 0.3) is 10.9 Å². The molecule has 0 spiro atoms. The molecule has 1 aliphatic carbocycles. The van der Waals surface area contributed by atoms with Crippen molar-refractivity contribution in [2.75, 3.05) is 7.11 Å². The monoisotopic (exact) mass is 391 g/mol. The van der Waals surface area contributed by atoms with Crippen LogP contribution in [0.1, 0.15) is 60.1 Å². The van der Waals surface area contributed by atoms with Gasteiger partial charge in [0.25, 0.3) is 0 Å². The first-order valence-corrected chi connectivity index (χ1v) is 10.6. The van der Waals surface area contributed by atoms with Crippen molar-refractivity contribution in [3.05, 3.63) is 59.3 Å². The Morgan fingerprint density at radius 1 is 1.14 bits per heavy atom. The highest BCUT2D eigenvalue weighted by Crippen LogP contribution is 2.30. The highest BCUT2D eigenvalue weighted by atomic mass is 16.5.